The summed E-state index contributed by atoms with van der Waals surface area (Å²) in [6.07, 6.45) is 3.10. The van der Waals surface area contributed by atoms with Gasteiger partial charge in [-0.1, -0.05) is 25.0 Å². The summed E-state index contributed by atoms with van der Waals surface area (Å²) in [5.74, 6) is -0.919. The quantitative estimate of drug-likeness (QED) is 0.772. The molecule has 1 saturated heterocycles. The molecule has 1 saturated carbocycles. The number of morpholine rings is 1. The summed E-state index contributed by atoms with van der Waals surface area (Å²) in [7, 11) is 0. The van der Waals surface area contributed by atoms with Gasteiger partial charge in [0.1, 0.15) is 5.82 Å². The highest BCUT2D eigenvalue weighted by Gasteiger charge is 2.44. The number of benzene rings is 1. The molecule has 0 bridgehead atoms. The van der Waals surface area contributed by atoms with Crippen molar-refractivity contribution < 1.29 is 23.5 Å². The van der Waals surface area contributed by atoms with Crippen molar-refractivity contribution in [1.82, 2.24) is 4.90 Å². The van der Waals surface area contributed by atoms with E-state index in [1.165, 1.54) is 12.1 Å². The van der Waals surface area contributed by atoms with Crippen LogP contribution in [0.5, 0.6) is 0 Å². The number of hydrogen-bond acceptors (Lipinski definition) is 4. The van der Waals surface area contributed by atoms with Gasteiger partial charge in [-0.2, -0.15) is 0 Å². The topological polar surface area (TPSA) is 55.8 Å². The van der Waals surface area contributed by atoms with Crippen LogP contribution in [-0.4, -0.2) is 48.7 Å². The maximum Gasteiger partial charge on any atom is 0.317 e. The number of carbonyl (C=O) groups excluding carboxylic acids is 2. The predicted molar refractivity (Wildman–Crippen MR) is 94.1 cm³/mol. The van der Waals surface area contributed by atoms with Crippen molar-refractivity contribution in [2.24, 2.45) is 0 Å². The van der Waals surface area contributed by atoms with Gasteiger partial charge in [-0.15, -0.1) is 0 Å². The molecule has 2 atom stereocenters. The minimum absolute atomic E-state index is 0.0289. The minimum Gasteiger partial charge on any atom is -0.455 e. The molecule has 26 heavy (non-hydrogen) atoms. The summed E-state index contributed by atoms with van der Waals surface area (Å²) < 4.78 is 24.3. The van der Waals surface area contributed by atoms with Crippen molar-refractivity contribution in [3.63, 3.8) is 0 Å². The molecular formula is C20H26FNO4. The summed E-state index contributed by atoms with van der Waals surface area (Å²) >= 11 is 0. The standard InChI is InChI=1S/C20H26FNO4/c1-14-11-22(12-15(2)26-14)18(23)13-25-19(24)20(9-3-4-10-20)16-5-7-17(21)8-6-16/h5-8,14-15H,3-4,9-13H2,1-2H3/t14-,15-/m0/s1. The minimum atomic E-state index is -0.764. The lowest BCUT2D eigenvalue weighted by atomic mass is 9.79. The lowest BCUT2D eigenvalue weighted by Crippen LogP contribution is -2.49. The summed E-state index contributed by atoms with van der Waals surface area (Å²) in [4.78, 5) is 27.0. The lowest BCUT2D eigenvalue weighted by molar-refractivity contribution is -0.161. The van der Waals surface area contributed by atoms with Crippen molar-refractivity contribution >= 4 is 11.9 Å². The fraction of sp³-hybridized carbons (Fsp3) is 0.600. The van der Waals surface area contributed by atoms with E-state index in [4.69, 9.17) is 9.47 Å². The van der Waals surface area contributed by atoms with E-state index in [1.807, 2.05) is 13.8 Å². The Balaban J connectivity index is 1.65. The molecular weight excluding hydrogens is 337 g/mol. The van der Waals surface area contributed by atoms with Gasteiger partial charge in [-0.3, -0.25) is 9.59 Å². The number of hydrogen-bond donors (Lipinski definition) is 0. The maximum atomic E-state index is 13.2. The fourth-order valence-corrected chi connectivity index (χ4v) is 4.10. The van der Waals surface area contributed by atoms with Crippen LogP contribution in [0.15, 0.2) is 24.3 Å². The monoisotopic (exact) mass is 363 g/mol. The van der Waals surface area contributed by atoms with E-state index in [1.54, 1.807) is 17.0 Å². The zero-order valence-electron chi connectivity index (χ0n) is 15.4. The van der Waals surface area contributed by atoms with Crippen molar-refractivity contribution in [3.8, 4) is 0 Å². The summed E-state index contributed by atoms with van der Waals surface area (Å²) in [5.41, 5.74) is 0.00186. The number of carbonyl (C=O) groups is 2. The summed E-state index contributed by atoms with van der Waals surface area (Å²) in [5, 5.41) is 0. The van der Waals surface area contributed by atoms with E-state index in [0.29, 0.717) is 25.9 Å². The molecule has 0 unspecified atom stereocenters. The number of amides is 1. The van der Waals surface area contributed by atoms with Gasteiger partial charge in [0.15, 0.2) is 6.61 Å². The van der Waals surface area contributed by atoms with Gasteiger partial charge in [-0.05, 0) is 44.4 Å². The number of rotatable bonds is 4. The molecule has 2 aliphatic rings. The Bertz CT molecular complexity index is 644. The van der Waals surface area contributed by atoms with E-state index in [9.17, 15) is 14.0 Å². The maximum absolute atomic E-state index is 13.2. The van der Waals surface area contributed by atoms with E-state index < -0.39 is 5.41 Å². The van der Waals surface area contributed by atoms with Crippen LogP contribution in [0.3, 0.4) is 0 Å². The van der Waals surface area contributed by atoms with Gasteiger partial charge in [-0.25, -0.2) is 4.39 Å². The van der Waals surface area contributed by atoms with Gasteiger partial charge in [0, 0.05) is 13.1 Å². The highest BCUT2D eigenvalue weighted by Crippen LogP contribution is 2.42. The Morgan fingerprint density at radius 2 is 1.73 bits per heavy atom. The largest absolute Gasteiger partial charge is 0.455 e. The molecule has 1 aromatic carbocycles. The number of nitrogens with zero attached hydrogens (tertiary/aromatic N) is 1. The predicted octanol–water partition coefficient (Wildman–Crippen LogP) is 2.82. The third-order valence-electron chi connectivity index (χ3n) is 5.34. The summed E-state index contributed by atoms with van der Waals surface area (Å²) in [6.45, 7) is 4.59. The van der Waals surface area contributed by atoms with Crippen LogP contribution in [0.2, 0.25) is 0 Å². The SMILES string of the molecule is C[C@H]1CN(C(=O)COC(=O)C2(c3ccc(F)cc3)CCCC2)C[C@H](C)O1. The molecule has 1 amide bonds. The fourth-order valence-electron chi connectivity index (χ4n) is 4.10. The van der Waals surface area contributed by atoms with Crippen LogP contribution in [0.4, 0.5) is 4.39 Å². The zero-order chi connectivity index (χ0) is 18.7. The van der Waals surface area contributed by atoms with E-state index in [-0.39, 0.29) is 36.5 Å². The normalized spacial score (nSPS) is 25.1. The van der Waals surface area contributed by atoms with Crippen LogP contribution in [0, 0.1) is 5.82 Å². The molecule has 0 aromatic heterocycles. The van der Waals surface area contributed by atoms with E-state index in [0.717, 1.165) is 18.4 Å². The number of esters is 1. The van der Waals surface area contributed by atoms with Crippen molar-refractivity contribution in [3.05, 3.63) is 35.6 Å². The molecule has 6 heteroatoms. The summed E-state index contributed by atoms with van der Waals surface area (Å²) in [6, 6.07) is 6.03. The Labute approximate surface area is 153 Å². The van der Waals surface area contributed by atoms with Gasteiger partial charge in [0.2, 0.25) is 0 Å². The second kappa shape index (κ2) is 7.74. The number of ether oxygens (including phenoxy) is 2. The molecule has 3 rings (SSSR count). The van der Waals surface area contributed by atoms with Crippen LogP contribution in [0.1, 0.15) is 45.1 Å². The average molecular weight is 363 g/mol. The Morgan fingerprint density at radius 3 is 2.31 bits per heavy atom. The van der Waals surface area contributed by atoms with Crippen LogP contribution in [-0.2, 0) is 24.5 Å². The molecule has 142 valence electrons. The van der Waals surface area contributed by atoms with Gasteiger partial charge in [0.05, 0.1) is 17.6 Å². The molecule has 2 fully saturated rings. The zero-order valence-corrected chi connectivity index (χ0v) is 15.4. The third-order valence-corrected chi connectivity index (χ3v) is 5.34. The number of halogens is 1. The molecule has 0 radical (unpaired) electrons. The molecule has 1 aliphatic heterocycles. The second-order valence-electron chi connectivity index (χ2n) is 7.43. The molecule has 0 N–H and O–H groups in total. The first kappa shape index (κ1) is 18.8. The molecule has 1 aliphatic carbocycles. The Kier molecular flexibility index (Phi) is 5.61. The lowest BCUT2D eigenvalue weighted by Gasteiger charge is -2.35. The van der Waals surface area contributed by atoms with Crippen molar-refractivity contribution in [2.75, 3.05) is 19.7 Å². The van der Waals surface area contributed by atoms with Gasteiger partial charge >= 0.3 is 5.97 Å². The van der Waals surface area contributed by atoms with E-state index >= 15 is 0 Å². The molecule has 1 heterocycles. The molecule has 0 spiro atoms. The second-order valence-corrected chi connectivity index (χ2v) is 7.43. The van der Waals surface area contributed by atoms with Crippen molar-refractivity contribution in [1.29, 1.82) is 0 Å². The Hall–Kier alpha value is -1.95. The first-order valence-corrected chi connectivity index (χ1v) is 9.27. The highest BCUT2D eigenvalue weighted by atomic mass is 19.1. The molecule has 5 nitrogen and oxygen atoms in total. The smallest absolute Gasteiger partial charge is 0.317 e. The van der Waals surface area contributed by atoms with Crippen LogP contribution >= 0.6 is 0 Å². The Morgan fingerprint density at radius 1 is 1.15 bits per heavy atom. The van der Waals surface area contributed by atoms with Gasteiger partial charge < -0.3 is 14.4 Å². The van der Waals surface area contributed by atoms with Crippen molar-refractivity contribution in [2.45, 2.75) is 57.2 Å². The third kappa shape index (κ3) is 3.90. The van der Waals surface area contributed by atoms with Crippen LogP contribution in [0.25, 0.3) is 0 Å². The van der Waals surface area contributed by atoms with Gasteiger partial charge in [0.25, 0.3) is 5.91 Å². The first-order chi connectivity index (χ1) is 12.4. The molecule has 1 aromatic rings. The van der Waals surface area contributed by atoms with E-state index in [2.05, 4.69) is 0 Å². The highest BCUT2D eigenvalue weighted by molar-refractivity contribution is 5.86. The first-order valence-electron chi connectivity index (χ1n) is 9.27. The average Bonchev–Trinajstić information content (AvgIpc) is 3.10. The van der Waals surface area contributed by atoms with Crippen LogP contribution < -0.4 is 0 Å².